The number of sulfonamides is 1. The quantitative estimate of drug-likeness (QED) is 0.491. The minimum Gasteiger partial charge on any atom is -0.372 e. The van der Waals surface area contributed by atoms with Crippen molar-refractivity contribution in [3.05, 3.63) is 58.6 Å². The average Bonchev–Trinajstić information content (AvgIpc) is 3.26. The molecule has 1 N–H and O–H groups in total. The van der Waals surface area contributed by atoms with Crippen LogP contribution in [0.1, 0.15) is 26.2 Å². The first kappa shape index (κ1) is 22.5. The number of rotatable bonds is 8. The highest BCUT2D eigenvalue weighted by atomic mass is 32.2. The van der Waals surface area contributed by atoms with Crippen LogP contribution in [-0.4, -0.2) is 44.6 Å². The molecule has 31 heavy (non-hydrogen) atoms. The van der Waals surface area contributed by atoms with Crippen LogP contribution in [0.4, 0.5) is 22.7 Å². The molecular weight excluding hydrogens is 420 g/mol. The smallest absolute Gasteiger partial charge is 0.271 e. The van der Waals surface area contributed by atoms with Gasteiger partial charge in [0.15, 0.2) is 0 Å². The molecule has 0 aromatic heterocycles. The van der Waals surface area contributed by atoms with Crippen molar-refractivity contribution >= 4 is 38.7 Å². The Balaban J connectivity index is 1.84. The lowest BCUT2D eigenvalue weighted by Gasteiger charge is -2.30. The fourth-order valence-corrected chi connectivity index (χ4v) is 4.96. The van der Waals surface area contributed by atoms with Gasteiger partial charge in [0.05, 0.1) is 16.9 Å². The average molecular weight is 447 g/mol. The zero-order chi connectivity index (χ0) is 22.6. The Bertz CT molecular complexity index is 1050. The van der Waals surface area contributed by atoms with E-state index >= 15 is 0 Å². The van der Waals surface area contributed by atoms with Gasteiger partial charge in [0.2, 0.25) is 15.9 Å². The summed E-state index contributed by atoms with van der Waals surface area (Å²) in [5, 5.41) is 13.9. The number of carbonyl (C=O) groups excluding carboxylic acids is 1. The van der Waals surface area contributed by atoms with E-state index in [2.05, 4.69) is 10.2 Å². The summed E-state index contributed by atoms with van der Waals surface area (Å²) in [5.41, 5.74) is 1.46. The monoisotopic (exact) mass is 446 g/mol. The molecule has 2 aromatic carbocycles. The lowest BCUT2D eigenvalue weighted by Crippen LogP contribution is -2.47. The van der Waals surface area contributed by atoms with Gasteiger partial charge >= 0.3 is 0 Å². The normalized spacial score (nSPS) is 14.8. The number of hydrogen-bond donors (Lipinski definition) is 1. The van der Waals surface area contributed by atoms with Gasteiger partial charge in [-0.2, -0.15) is 0 Å². The van der Waals surface area contributed by atoms with Crippen LogP contribution in [0, 0.1) is 10.1 Å². The van der Waals surface area contributed by atoms with Gasteiger partial charge in [0, 0.05) is 36.6 Å². The molecule has 1 amide bonds. The summed E-state index contributed by atoms with van der Waals surface area (Å²) in [6, 6.07) is 11.6. The zero-order valence-electron chi connectivity index (χ0n) is 17.5. The van der Waals surface area contributed by atoms with E-state index in [1.54, 1.807) is 19.1 Å². The number of amides is 1. The first-order valence-electron chi connectivity index (χ1n) is 10.1. The molecule has 0 spiro atoms. The van der Waals surface area contributed by atoms with Crippen molar-refractivity contribution < 1.29 is 18.1 Å². The number of nitrogens with zero attached hydrogens (tertiary/aromatic N) is 3. The van der Waals surface area contributed by atoms with Crippen LogP contribution in [0.3, 0.4) is 0 Å². The zero-order valence-corrected chi connectivity index (χ0v) is 18.3. The number of hydrogen-bond acceptors (Lipinski definition) is 6. The predicted molar refractivity (Wildman–Crippen MR) is 121 cm³/mol. The van der Waals surface area contributed by atoms with E-state index in [1.165, 1.54) is 18.2 Å². The van der Waals surface area contributed by atoms with Crippen LogP contribution in [-0.2, 0) is 14.8 Å². The molecule has 3 rings (SSSR count). The van der Waals surface area contributed by atoms with Crippen LogP contribution in [0.2, 0.25) is 0 Å². The molecule has 9 nitrogen and oxygen atoms in total. The summed E-state index contributed by atoms with van der Waals surface area (Å²) in [5.74, 6) is -0.506. The molecule has 1 aliphatic rings. The molecule has 166 valence electrons. The summed E-state index contributed by atoms with van der Waals surface area (Å²) in [6.45, 7) is 3.71. The Hall–Kier alpha value is -3.14. The van der Waals surface area contributed by atoms with E-state index in [1.807, 2.05) is 12.1 Å². The van der Waals surface area contributed by atoms with Crippen LogP contribution < -0.4 is 14.5 Å². The topological polar surface area (TPSA) is 113 Å². The van der Waals surface area contributed by atoms with Gasteiger partial charge in [-0.1, -0.05) is 13.0 Å². The first-order chi connectivity index (χ1) is 14.7. The van der Waals surface area contributed by atoms with Gasteiger partial charge in [-0.15, -0.1) is 0 Å². The third-order valence-corrected chi connectivity index (χ3v) is 6.41. The van der Waals surface area contributed by atoms with E-state index in [0.29, 0.717) is 5.69 Å². The summed E-state index contributed by atoms with van der Waals surface area (Å²) in [7, 11) is -3.88. The Kier molecular flexibility index (Phi) is 6.79. The molecule has 0 bridgehead atoms. The molecule has 1 fully saturated rings. The van der Waals surface area contributed by atoms with Gasteiger partial charge in [0.1, 0.15) is 6.04 Å². The minimum atomic E-state index is -3.88. The lowest BCUT2D eigenvalue weighted by atomic mass is 10.1. The van der Waals surface area contributed by atoms with Crippen molar-refractivity contribution in [2.45, 2.75) is 32.2 Å². The molecule has 1 heterocycles. The molecule has 0 aliphatic carbocycles. The number of nitro groups is 1. The second-order valence-corrected chi connectivity index (χ2v) is 9.35. The summed E-state index contributed by atoms with van der Waals surface area (Å²) in [4.78, 5) is 25.8. The fraction of sp³-hybridized carbons (Fsp3) is 0.381. The van der Waals surface area contributed by atoms with Crippen LogP contribution >= 0.6 is 0 Å². The Morgan fingerprint density at radius 2 is 1.84 bits per heavy atom. The number of nitro benzene ring substituents is 1. The summed E-state index contributed by atoms with van der Waals surface area (Å²) >= 11 is 0. The molecule has 0 saturated carbocycles. The van der Waals surface area contributed by atoms with Crippen molar-refractivity contribution in [2.75, 3.05) is 33.9 Å². The summed E-state index contributed by atoms with van der Waals surface area (Å²) in [6.07, 6.45) is 3.49. The maximum Gasteiger partial charge on any atom is 0.271 e. The van der Waals surface area contributed by atoms with Gasteiger partial charge in [-0.3, -0.25) is 19.2 Å². The van der Waals surface area contributed by atoms with Crippen LogP contribution in [0.25, 0.3) is 0 Å². The number of nitrogens with one attached hydrogen (secondary N) is 1. The third-order valence-electron chi connectivity index (χ3n) is 5.23. The fourth-order valence-electron chi connectivity index (χ4n) is 3.76. The van der Waals surface area contributed by atoms with Crippen LogP contribution in [0.15, 0.2) is 48.5 Å². The summed E-state index contributed by atoms with van der Waals surface area (Å²) < 4.78 is 26.0. The number of carbonyl (C=O) groups is 1. The molecule has 10 heteroatoms. The molecule has 1 aliphatic heterocycles. The van der Waals surface area contributed by atoms with E-state index in [-0.39, 0.29) is 17.8 Å². The number of anilines is 3. The number of non-ortho nitro benzene ring substituents is 1. The molecule has 1 saturated heterocycles. The first-order valence-corrected chi connectivity index (χ1v) is 11.9. The molecule has 2 aromatic rings. The van der Waals surface area contributed by atoms with Gasteiger partial charge in [0.25, 0.3) is 5.69 Å². The Morgan fingerprint density at radius 1 is 1.19 bits per heavy atom. The van der Waals surface area contributed by atoms with E-state index in [0.717, 1.165) is 48.2 Å². The van der Waals surface area contributed by atoms with E-state index in [4.69, 9.17) is 0 Å². The molecule has 1 atom stereocenters. The highest BCUT2D eigenvalue weighted by molar-refractivity contribution is 7.92. The third kappa shape index (κ3) is 5.32. The van der Waals surface area contributed by atoms with Crippen molar-refractivity contribution in [3.8, 4) is 0 Å². The molecule has 0 radical (unpaired) electrons. The molecule has 0 unspecified atom stereocenters. The van der Waals surface area contributed by atoms with Crippen molar-refractivity contribution in [3.63, 3.8) is 0 Å². The standard InChI is InChI=1S/C21H26N4O5S/c1-3-20(24(31(2,29)30)18-7-6-8-19(15-18)25(27)28)21(26)22-16-9-11-17(12-10-16)23-13-4-5-14-23/h6-12,15,20H,3-5,13-14H2,1-2H3,(H,22,26)/t20-/m1/s1. The van der Waals surface area contributed by atoms with Crippen molar-refractivity contribution in [1.82, 2.24) is 0 Å². The van der Waals surface area contributed by atoms with Gasteiger partial charge in [-0.25, -0.2) is 8.42 Å². The predicted octanol–water partition coefficient (Wildman–Crippen LogP) is 3.38. The minimum absolute atomic E-state index is 0.0723. The SMILES string of the molecule is CC[C@H](C(=O)Nc1ccc(N2CCCC2)cc1)N(c1cccc([N+](=O)[O-])c1)S(C)(=O)=O. The van der Waals surface area contributed by atoms with E-state index < -0.39 is 26.9 Å². The second kappa shape index (κ2) is 9.34. The highest BCUT2D eigenvalue weighted by Gasteiger charge is 2.32. The second-order valence-electron chi connectivity index (χ2n) is 7.49. The van der Waals surface area contributed by atoms with E-state index in [9.17, 15) is 23.3 Å². The highest BCUT2D eigenvalue weighted by Crippen LogP contribution is 2.27. The lowest BCUT2D eigenvalue weighted by molar-refractivity contribution is -0.384. The van der Waals surface area contributed by atoms with Gasteiger partial charge in [-0.05, 0) is 49.6 Å². The maximum absolute atomic E-state index is 13.0. The Labute approximate surface area is 181 Å². The Morgan fingerprint density at radius 3 is 2.39 bits per heavy atom. The van der Waals surface area contributed by atoms with Gasteiger partial charge < -0.3 is 10.2 Å². The van der Waals surface area contributed by atoms with Crippen molar-refractivity contribution in [2.24, 2.45) is 0 Å². The largest absolute Gasteiger partial charge is 0.372 e. The van der Waals surface area contributed by atoms with Crippen LogP contribution in [0.5, 0.6) is 0 Å². The van der Waals surface area contributed by atoms with Crippen molar-refractivity contribution in [1.29, 1.82) is 0 Å². The number of benzene rings is 2. The maximum atomic E-state index is 13.0. The molecular formula is C21H26N4O5S.